The van der Waals surface area contributed by atoms with E-state index in [1.165, 1.54) is 0 Å². The minimum absolute atomic E-state index is 0.00231. The van der Waals surface area contributed by atoms with Gasteiger partial charge in [0.25, 0.3) is 0 Å². The van der Waals surface area contributed by atoms with Gasteiger partial charge in [-0.2, -0.15) is 0 Å². The molecule has 2 aromatic rings. The van der Waals surface area contributed by atoms with Gasteiger partial charge in [0, 0.05) is 5.56 Å². The van der Waals surface area contributed by atoms with E-state index in [1.54, 1.807) is 13.2 Å². The normalized spacial score (nSPS) is 11.9. The predicted octanol–water partition coefficient (Wildman–Crippen LogP) is 3.57. The van der Waals surface area contributed by atoms with Crippen LogP contribution in [0.2, 0.25) is 0 Å². The molecule has 2 aromatic carbocycles. The van der Waals surface area contributed by atoms with Gasteiger partial charge in [0.05, 0.1) is 18.8 Å². The van der Waals surface area contributed by atoms with E-state index in [2.05, 4.69) is 5.32 Å². The maximum absolute atomic E-state index is 9.81. The number of hydrogen-bond acceptors (Lipinski definition) is 3. The van der Waals surface area contributed by atoms with Crippen molar-refractivity contribution < 1.29 is 9.84 Å². The summed E-state index contributed by atoms with van der Waals surface area (Å²) in [6.07, 6.45) is 0. The van der Waals surface area contributed by atoms with E-state index in [0.29, 0.717) is 5.75 Å². The average molecular weight is 243 g/mol. The second-order valence-electron chi connectivity index (χ2n) is 4.13. The SMILES string of the molecule is COc1ccccc1NC(C)c1ccccc1O. The second-order valence-corrected chi connectivity index (χ2v) is 4.13. The first kappa shape index (κ1) is 12.3. The van der Waals surface area contributed by atoms with Crippen LogP contribution in [0.1, 0.15) is 18.5 Å². The molecule has 0 heterocycles. The van der Waals surface area contributed by atoms with Crippen LogP contribution in [0, 0.1) is 0 Å². The Hall–Kier alpha value is -2.16. The molecule has 0 spiro atoms. The molecule has 0 bridgehead atoms. The van der Waals surface area contributed by atoms with Gasteiger partial charge in [0.15, 0.2) is 0 Å². The smallest absolute Gasteiger partial charge is 0.141 e. The highest BCUT2D eigenvalue weighted by molar-refractivity contribution is 5.57. The number of hydrogen-bond donors (Lipinski definition) is 2. The van der Waals surface area contributed by atoms with E-state index >= 15 is 0 Å². The van der Waals surface area contributed by atoms with Crippen LogP contribution in [-0.2, 0) is 0 Å². The molecule has 2 rings (SSSR count). The molecule has 94 valence electrons. The van der Waals surface area contributed by atoms with Gasteiger partial charge in [0.2, 0.25) is 0 Å². The van der Waals surface area contributed by atoms with E-state index in [-0.39, 0.29) is 6.04 Å². The van der Waals surface area contributed by atoms with Crippen molar-refractivity contribution >= 4 is 5.69 Å². The molecule has 0 saturated carbocycles. The Labute approximate surface area is 107 Å². The van der Waals surface area contributed by atoms with Crippen molar-refractivity contribution in [1.82, 2.24) is 0 Å². The van der Waals surface area contributed by atoms with Crippen molar-refractivity contribution in [2.24, 2.45) is 0 Å². The highest BCUT2D eigenvalue weighted by Gasteiger charge is 2.11. The molecule has 1 atom stereocenters. The Morgan fingerprint density at radius 1 is 1.06 bits per heavy atom. The first-order valence-electron chi connectivity index (χ1n) is 5.90. The largest absolute Gasteiger partial charge is 0.508 e. The van der Waals surface area contributed by atoms with Crippen molar-refractivity contribution in [1.29, 1.82) is 0 Å². The van der Waals surface area contributed by atoms with Gasteiger partial charge in [-0.1, -0.05) is 30.3 Å². The number of rotatable bonds is 4. The van der Waals surface area contributed by atoms with E-state index < -0.39 is 0 Å². The van der Waals surface area contributed by atoms with Crippen LogP contribution in [0.5, 0.6) is 11.5 Å². The van der Waals surface area contributed by atoms with Crippen molar-refractivity contribution in [3.8, 4) is 11.5 Å². The highest BCUT2D eigenvalue weighted by atomic mass is 16.5. The zero-order chi connectivity index (χ0) is 13.0. The van der Waals surface area contributed by atoms with Gasteiger partial charge in [-0.15, -0.1) is 0 Å². The van der Waals surface area contributed by atoms with Crippen molar-refractivity contribution in [2.45, 2.75) is 13.0 Å². The van der Waals surface area contributed by atoms with Crippen molar-refractivity contribution in [2.75, 3.05) is 12.4 Å². The van der Waals surface area contributed by atoms with E-state index in [1.807, 2.05) is 49.4 Å². The number of phenolic OH excluding ortho intramolecular Hbond substituents is 1. The van der Waals surface area contributed by atoms with Crippen LogP contribution in [0.15, 0.2) is 48.5 Å². The summed E-state index contributed by atoms with van der Waals surface area (Å²) in [4.78, 5) is 0. The zero-order valence-corrected chi connectivity index (χ0v) is 10.6. The van der Waals surface area contributed by atoms with Crippen molar-refractivity contribution in [3.63, 3.8) is 0 Å². The predicted molar refractivity (Wildman–Crippen MR) is 73.1 cm³/mol. The number of para-hydroxylation sites is 3. The Morgan fingerprint density at radius 3 is 2.44 bits per heavy atom. The van der Waals surface area contributed by atoms with Gasteiger partial charge in [-0.25, -0.2) is 0 Å². The van der Waals surface area contributed by atoms with Gasteiger partial charge in [-0.3, -0.25) is 0 Å². The van der Waals surface area contributed by atoms with E-state index in [9.17, 15) is 5.11 Å². The maximum atomic E-state index is 9.81. The minimum Gasteiger partial charge on any atom is -0.508 e. The quantitative estimate of drug-likeness (QED) is 0.862. The van der Waals surface area contributed by atoms with Crippen LogP contribution in [0.4, 0.5) is 5.69 Å². The van der Waals surface area contributed by atoms with Gasteiger partial charge in [-0.05, 0) is 25.1 Å². The van der Waals surface area contributed by atoms with E-state index in [4.69, 9.17) is 4.74 Å². The van der Waals surface area contributed by atoms with E-state index in [0.717, 1.165) is 17.0 Å². The standard InChI is InChI=1S/C15H17NO2/c1-11(12-7-3-5-9-14(12)17)16-13-8-4-6-10-15(13)18-2/h3-11,16-17H,1-2H3. The number of ether oxygens (including phenoxy) is 1. The van der Waals surface area contributed by atoms with Crippen molar-refractivity contribution in [3.05, 3.63) is 54.1 Å². The summed E-state index contributed by atoms with van der Waals surface area (Å²) in [6, 6.07) is 15.1. The Morgan fingerprint density at radius 2 is 1.72 bits per heavy atom. The molecule has 2 N–H and O–H groups in total. The summed E-state index contributed by atoms with van der Waals surface area (Å²) in [5, 5.41) is 13.1. The molecule has 3 nitrogen and oxygen atoms in total. The lowest BCUT2D eigenvalue weighted by Gasteiger charge is -2.18. The lowest BCUT2D eigenvalue weighted by molar-refractivity contribution is 0.416. The molecule has 1 unspecified atom stereocenters. The number of phenols is 1. The Balaban J connectivity index is 2.21. The number of nitrogens with one attached hydrogen (secondary N) is 1. The van der Waals surface area contributed by atoms with Gasteiger partial charge < -0.3 is 15.2 Å². The second kappa shape index (κ2) is 5.45. The fourth-order valence-electron chi connectivity index (χ4n) is 1.93. The molecule has 0 saturated heterocycles. The van der Waals surface area contributed by atoms with Gasteiger partial charge in [0.1, 0.15) is 11.5 Å². The molecule has 0 aliphatic rings. The molecule has 18 heavy (non-hydrogen) atoms. The van der Waals surface area contributed by atoms with Crippen LogP contribution < -0.4 is 10.1 Å². The molecular weight excluding hydrogens is 226 g/mol. The third-order valence-corrected chi connectivity index (χ3v) is 2.88. The van der Waals surface area contributed by atoms with Crippen LogP contribution in [0.25, 0.3) is 0 Å². The number of aromatic hydroxyl groups is 1. The lowest BCUT2D eigenvalue weighted by atomic mass is 10.1. The first-order chi connectivity index (χ1) is 8.72. The topological polar surface area (TPSA) is 41.5 Å². The molecule has 3 heteroatoms. The molecule has 0 fully saturated rings. The number of methoxy groups -OCH3 is 1. The third kappa shape index (κ3) is 2.56. The lowest BCUT2D eigenvalue weighted by Crippen LogP contribution is -2.07. The highest BCUT2D eigenvalue weighted by Crippen LogP contribution is 2.30. The summed E-state index contributed by atoms with van der Waals surface area (Å²) in [5.41, 5.74) is 1.78. The molecule has 0 radical (unpaired) electrons. The van der Waals surface area contributed by atoms with Crippen LogP contribution in [0.3, 0.4) is 0 Å². The fourth-order valence-corrected chi connectivity index (χ4v) is 1.93. The maximum Gasteiger partial charge on any atom is 0.141 e. The fraction of sp³-hybridized carbons (Fsp3) is 0.200. The zero-order valence-electron chi connectivity index (χ0n) is 10.6. The summed E-state index contributed by atoms with van der Waals surface area (Å²) < 4.78 is 5.29. The minimum atomic E-state index is 0.00231. The molecule has 0 aliphatic carbocycles. The summed E-state index contributed by atoms with van der Waals surface area (Å²) in [6.45, 7) is 2.00. The number of anilines is 1. The molecule has 0 aromatic heterocycles. The summed E-state index contributed by atoms with van der Waals surface area (Å²) >= 11 is 0. The first-order valence-corrected chi connectivity index (χ1v) is 5.90. The Kier molecular flexibility index (Phi) is 3.72. The summed E-state index contributed by atoms with van der Waals surface area (Å²) in [5.74, 6) is 1.09. The summed E-state index contributed by atoms with van der Waals surface area (Å²) in [7, 11) is 1.64. The van der Waals surface area contributed by atoms with Crippen LogP contribution in [-0.4, -0.2) is 12.2 Å². The molecular formula is C15H17NO2. The van der Waals surface area contributed by atoms with Gasteiger partial charge >= 0.3 is 0 Å². The molecule has 0 aliphatic heterocycles. The molecule has 0 amide bonds. The number of benzene rings is 2. The van der Waals surface area contributed by atoms with Crippen LogP contribution >= 0.6 is 0 Å². The average Bonchev–Trinajstić information content (AvgIpc) is 2.39. The monoisotopic (exact) mass is 243 g/mol. The third-order valence-electron chi connectivity index (χ3n) is 2.88. The Bertz CT molecular complexity index is 525.